The molecule has 2 aromatic rings. The largest absolute Gasteiger partial charge is 0.334 e. The van der Waals surface area contributed by atoms with E-state index in [4.69, 9.17) is 0 Å². The number of piperazine rings is 1. The van der Waals surface area contributed by atoms with Crippen LogP contribution in [0.2, 0.25) is 0 Å². The number of nitrogens with one attached hydrogen (secondary N) is 1. The Balaban J connectivity index is 1.57. The number of hydrogen-bond acceptors (Lipinski definition) is 4. The third-order valence-electron chi connectivity index (χ3n) is 4.43. The smallest absolute Gasteiger partial charge is 0.317 e. The van der Waals surface area contributed by atoms with Gasteiger partial charge in [0.05, 0.1) is 0 Å². The molecule has 0 unspecified atom stereocenters. The maximum atomic E-state index is 12.3. The van der Waals surface area contributed by atoms with Crippen LogP contribution in [0.3, 0.4) is 0 Å². The van der Waals surface area contributed by atoms with Crippen LogP contribution in [-0.2, 0) is 6.54 Å². The van der Waals surface area contributed by atoms with Gasteiger partial charge in [-0.25, -0.2) is 14.8 Å². The third kappa shape index (κ3) is 3.73. The summed E-state index contributed by atoms with van der Waals surface area (Å²) in [4.78, 5) is 25.1. The van der Waals surface area contributed by atoms with Gasteiger partial charge < -0.3 is 15.1 Å². The summed E-state index contributed by atoms with van der Waals surface area (Å²) in [6, 6.07) is 3.90. The minimum absolute atomic E-state index is 0.00271. The van der Waals surface area contributed by atoms with E-state index in [-0.39, 0.29) is 6.03 Å². The van der Waals surface area contributed by atoms with Crippen LogP contribution in [0.25, 0.3) is 5.82 Å². The molecule has 7 heteroatoms. The van der Waals surface area contributed by atoms with E-state index in [2.05, 4.69) is 27.1 Å². The Morgan fingerprint density at radius 1 is 1.21 bits per heavy atom. The van der Waals surface area contributed by atoms with Gasteiger partial charge in [0, 0.05) is 51.3 Å². The maximum absolute atomic E-state index is 12.3. The van der Waals surface area contributed by atoms with Gasteiger partial charge >= 0.3 is 6.03 Å². The second-order valence-electron chi connectivity index (χ2n) is 5.95. The number of carbonyl (C=O) groups excluding carboxylic acids is 1. The van der Waals surface area contributed by atoms with Crippen molar-refractivity contribution in [2.24, 2.45) is 0 Å². The zero-order valence-corrected chi connectivity index (χ0v) is 14.3. The van der Waals surface area contributed by atoms with E-state index < -0.39 is 0 Å². The molecule has 0 atom stereocenters. The molecule has 0 radical (unpaired) electrons. The van der Waals surface area contributed by atoms with E-state index in [1.54, 1.807) is 12.4 Å². The topological polar surface area (TPSA) is 66.3 Å². The molecule has 128 valence electrons. The number of rotatable bonds is 4. The van der Waals surface area contributed by atoms with E-state index in [0.29, 0.717) is 6.54 Å². The van der Waals surface area contributed by atoms with Crippen LogP contribution in [0, 0.1) is 6.92 Å². The molecule has 3 heterocycles. The van der Waals surface area contributed by atoms with E-state index >= 15 is 0 Å². The highest BCUT2D eigenvalue weighted by atomic mass is 16.2. The van der Waals surface area contributed by atoms with Gasteiger partial charge in [-0.2, -0.15) is 0 Å². The Bertz CT molecular complexity index is 690. The van der Waals surface area contributed by atoms with Crippen molar-refractivity contribution in [2.75, 3.05) is 32.7 Å². The predicted molar refractivity (Wildman–Crippen MR) is 92.0 cm³/mol. The first-order chi connectivity index (χ1) is 11.7. The van der Waals surface area contributed by atoms with Crippen LogP contribution >= 0.6 is 0 Å². The molecule has 2 amide bonds. The summed E-state index contributed by atoms with van der Waals surface area (Å²) in [6.07, 6.45) is 5.39. The number of pyridine rings is 1. The van der Waals surface area contributed by atoms with Gasteiger partial charge in [0.15, 0.2) is 0 Å². The molecule has 0 saturated carbocycles. The number of amides is 2. The second-order valence-corrected chi connectivity index (χ2v) is 5.95. The first-order valence-electron chi connectivity index (χ1n) is 8.37. The van der Waals surface area contributed by atoms with Crippen molar-refractivity contribution in [1.82, 2.24) is 29.7 Å². The van der Waals surface area contributed by atoms with E-state index in [1.165, 1.54) is 0 Å². The third-order valence-corrected chi connectivity index (χ3v) is 4.43. The summed E-state index contributed by atoms with van der Waals surface area (Å²) in [5, 5.41) is 3.00. The number of imidazole rings is 1. The highest BCUT2D eigenvalue weighted by molar-refractivity contribution is 5.74. The average Bonchev–Trinajstić information content (AvgIpc) is 3.06. The Hall–Kier alpha value is -2.41. The lowest BCUT2D eigenvalue weighted by molar-refractivity contribution is 0.142. The minimum atomic E-state index is 0.00271. The summed E-state index contributed by atoms with van der Waals surface area (Å²) < 4.78 is 1.93. The van der Waals surface area contributed by atoms with Gasteiger partial charge in [-0.15, -0.1) is 0 Å². The number of carbonyl (C=O) groups is 1. The first-order valence-corrected chi connectivity index (χ1v) is 8.37. The van der Waals surface area contributed by atoms with E-state index in [9.17, 15) is 4.79 Å². The molecule has 1 aliphatic heterocycles. The fraction of sp³-hybridized carbons (Fsp3) is 0.471. The summed E-state index contributed by atoms with van der Waals surface area (Å²) in [7, 11) is 0. The van der Waals surface area contributed by atoms with Crippen molar-refractivity contribution in [3.63, 3.8) is 0 Å². The second kappa shape index (κ2) is 7.44. The predicted octanol–water partition coefficient (Wildman–Crippen LogP) is 1.42. The molecule has 24 heavy (non-hydrogen) atoms. The zero-order chi connectivity index (χ0) is 16.9. The molecule has 1 N–H and O–H groups in total. The minimum Gasteiger partial charge on any atom is -0.334 e. The van der Waals surface area contributed by atoms with Gasteiger partial charge in [0.25, 0.3) is 0 Å². The monoisotopic (exact) mass is 328 g/mol. The van der Waals surface area contributed by atoms with Crippen molar-refractivity contribution < 1.29 is 4.79 Å². The molecule has 3 rings (SSSR count). The Morgan fingerprint density at radius 2 is 2.00 bits per heavy atom. The highest BCUT2D eigenvalue weighted by Gasteiger charge is 2.19. The molecule has 0 aromatic carbocycles. The number of aryl methyl sites for hydroxylation is 1. The summed E-state index contributed by atoms with van der Waals surface area (Å²) in [6.45, 7) is 9.10. The molecule has 1 saturated heterocycles. The number of aromatic nitrogens is 3. The molecule has 1 aliphatic rings. The van der Waals surface area contributed by atoms with Crippen LogP contribution in [0.4, 0.5) is 4.79 Å². The number of nitrogens with zero attached hydrogens (tertiary/aromatic N) is 5. The van der Waals surface area contributed by atoms with Crippen LogP contribution < -0.4 is 5.32 Å². The van der Waals surface area contributed by atoms with E-state index in [0.717, 1.165) is 49.9 Å². The van der Waals surface area contributed by atoms with Crippen molar-refractivity contribution in [3.8, 4) is 5.82 Å². The molecule has 7 nitrogen and oxygen atoms in total. The molecule has 0 bridgehead atoms. The highest BCUT2D eigenvalue weighted by Crippen LogP contribution is 2.10. The Kier molecular flexibility index (Phi) is 5.10. The molecular formula is C17H24N6O. The standard InChI is InChI=1S/C17H24N6O/c1-3-21-8-10-22(11-9-21)17(24)20-13-15-4-5-19-16(12-15)23-7-6-18-14(23)2/h4-7,12H,3,8-11,13H2,1-2H3,(H,20,24). The van der Waals surface area contributed by atoms with Gasteiger partial charge in [-0.3, -0.25) is 4.57 Å². The first kappa shape index (κ1) is 16.4. The van der Waals surface area contributed by atoms with Crippen LogP contribution in [0.1, 0.15) is 18.3 Å². The maximum Gasteiger partial charge on any atom is 0.317 e. The number of hydrogen-bond donors (Lipinski definition) is 1. The van der Waals surface area contributed by atoms with Crippen molar-refractivity contribution in [3.05, 3.63) is 42.1 Å². The summed E-state index contributed by atoms with van der Waals surface area (Å²) >= 11 is 0. The van der Waals surface area contributed by atoms with Crippen molar-refractivity contribution >= 4 is 6.03 Å². The lowest BCUT2D eigenvalue weighted by Crippen LogP contribution is -2.51. The summed E-state index contributed by atoms with van der Waals surface area (Å²) in [5.41, 5.74) is 1.02. The number of urea groups is 1. The molecule has 0 aliphatic carbocycles. The normalized spacial score (nSPS) is 15.5. The van der Waals surface area contributed by atoms with Crippen LogP contribution in [-0.4, -0.2) is 63.1 Å². The van der Waals surface area contributed by atoms with Crippen LogP contribution in [0.5, 0.6) is 0 Å². The van der Waals surface area contributed by atoms with Gasteiger partial charge in [0.1, 0.15) is 11.6 Å². The van der Waals surface area contributed by atoms with Gasteiger partial charge in [-0.05, 0) is 31.2 Å². The Morgan fingerprint density at radius 3 is 2.67 bits per heavy atom. The average molecular weight is 328 g/mol. The quantitative estimate of drug-likeness (QED) is 0.922. The van der Waals surface area contributed by atoms with Gasteiger partial charge in [0.2, 0.25) is 0 Å². The van der Waals surface area contributed by atoms with Crippen molar-refractivity contribution in [1.29, 1.82) is 0 Å². The lowest BCUT2D eigenvalue weighted by atomic mass is 10.2. The Labute approximate surface area is 142 Å². The van der Waals surface area contributed by atoms with Crippen molar-refractivity contribution in [2.45, 2.75) is 20.4 Å². The SMILES string of the molecule is CCN1CCN(C(=O)NCc2ccnc(-n3ccnc3C)c2)CC1. The van der Waals surface area contributed by atoms with Crippen LogP contribution in [0.15, 0.2) is 30.7 Å². The van der Waals surface area contributed by atoms with Gasteiger partial charge in [-0.1, -0.05) is 6.92 Å². The van der Waals surface area contributed by atoms with E-state index in [1.807, 2.05) is 34.7 Å². The molecular weight excluding hydrogens is 304 g/mol. The zero-order valence-electron chi connectivity index (χ0n) is 14.3. The fourth-order valence-electron chi connectivity index (χ4n) is 2.88. The lowest BCUT2D eigenvalue weighted by Gasteiger charge is -2.34. The fourth-order valence-corrected chi connectivity index (χ4v) is 2.88. The molecule has 0 spiro atoms. The number of likely N-dealkylation sites (N-methyl/N-ethyl adjacent to an activating group) is 1. The summed E-state index contributed by atoms with van der Waals surface area (Å²) in [5.74, 6) is 1.70. The molecule has 1 fully saturated rings. The molecule has 2 aromatic heterocycles.